The van der Waals surface area contributed by atoms with Gasteiger partial charge in [0, 0.05) is 18.2 Å². The average Bonchev–Trinajstić information content (AvgIpc) is 2.45. The Morgan fingerprint density at radius 3 is 2.77 bits per heavy atom. The second-order valence-corrected chi connectivity index (χ2v) is 5.12. The van der Waals surface area contributed by atoms with Gasteiger partial charge in [0.15, 0.2) is 0 Å². The molecule has 2 rings (SSSR count). The van der Waals surface area contributed by atoms with Crippen LogP contribution in [0.4, 0.5) is 5.69 Å². The van der Waals surface area contributed by atoms with E-state index in [9.17, 15) is 0 Å². The molecule has 1 aromatic rings. The maximum Gasteiger partial charge on any atom is 0.0591 e. The minimum Gasteiger partial charge on any atom is -0.314 e. The van der Waals surface area contributed by atoms with E-state index in [1.807, 2.05) is 0 Å². The first kappa shape index (κ1) is 9.31. The van der Waals surface area contributed by atoms with Gasteiger partial charge in [-0.2, -0.15) is 0 Å². The summed E-state index contributed by atoms with van der Waals surface area (Å²) in [5.74, 6) is 1.45. The molecule has 0 saturated carbocycles. The lowest BCUT2D eigenvalue weighted by molar-refractivity contribution is 0.529. The summed E-state index contributed by atoms with van der Waals surface area (Å²) in [7, 11) is 0. The zero-order chi connectivity index (χ0) is 9.42. The molecule has 0 saturated heterocycles. The molecule has 1 aromatic carbocycles. The van der Waals surface area contributed by atoms with Gasteiger partial charge in [0.05, 0.1) is 22.9 Å². The molecular formula is C11H14IN. The monoisotopic (exact) mass is 287 g/mol. The Hall–Kier alpha value is -0.250. The van der Waals surface area contributed by atoms with Gasteiger partial charge in [0.2, 0.25) is 0 Å². The van der Waals surface area contributed by atoms with Crippen molar-refractivity contribution in [2.24, 2.45) is 5.92 Å². The molecule has 0 N–H and O–H groups in total. The SMILES string of the molecule is CC(C)C1CN(I)c2ccccc21. The van der Waals surface area contributed by atoms with E-state index in [0.29, 0.717) is 5.92 Å². The highest BCUT2D eigenvalue weighted by Crippen LogP contribution is 2.41. The number of halogens is 1. The van der Waals surface area contributed by atoms with Crippen molar-refractivity contribution < 1.29 is 0 Å². The Labute approximate surface area is 93.6 Å². The molecule has 70 valence electrons. The Kier molecular flexibility index (Phi) is 2.49. The smallest absolute Gasteiger partial charge is 0.0591 e. The molecule has 1 aliphatic heterocycles. The molecule has 0 aliphatic carbocycles. The lowest BCUT2D eigenvalue weighted by atomic mass is 9.90. The van der Waals surface area contributed by atoms with Crippen LogP contribution in [-0.4, -0.2) is 6.54 Å². The molecule has 0 fully saturated rings. The summed E-state index contributed by atoms with van der Waals surface area (Å²) in [5.41, 5.74) is 2.92. The standard InChI is InChI=1S/C11H14IN/c1-8(2)10-7-13(12)11-6-4-3-5-9(10)11/h3-6,8,10H,7H2,1-2H3. The fourth-order valence-corrected chi connectivity index (χ4v) is 2.83. The van der Waals surface area contributed by atoms with E-state index in [1.54, 1.807) is 0 Å². The first-order valence-electron chi connectivity index (χ1n) is 4.72. The molecule has 0 amide bonds. The van der Waals surface area contributed by atoms with Crippen LogP contribution < -0.4 is 3.11 Å². The van der Waals surface area contributed by atoms with Crippen LogP contribution in [0.1, 0.15) is 25.3 Å². The molecule has 2 heteroatoms. The van der Waals surface area contributed by atoms with Gasteiger partial charge in [-0.05, 0) is 17.5 Å². The van der Waals surface area contributed by atoms with E-state index in [4.69, 9.17) is 0 Å². The normalized spacial score (nSPS) is 20.9. The number of hydrogen-bond acceptors (Lipinski definition) is 1. The molecule has 0 radical (unpaired) electrons. The molecule has 0 spiro atoms. The van der Waals surface area contributed by atoms with Gasteiger partial charge >= 0.3 is 0 Å². The van der Waals surface area contributed by atoms with Crippen LogP contribution in [-0.2, 0) is 0 Å². The van der Waals surface area contributed by atoms with Gasteiger partial charge in [0.25, 0.3) is 0 Å². The molecule has 1 unspecified atom stereocenters. The molecule has 1 atom stereocenters. The van der Waals surface area contributed by atoms with Crippen LogP contribution in [0.3, 0.4) is 0 Å². The predicted molar refractivity (Wildman–Crippen MR) is 65.4 cm³/mol. The van der Waals surface area contributed by atoms with Crippen LogP contribution in [0.15, 0.2) is 24.3 Å². The number of anilines is 1. The minimum absolute atomic E-state index is 0.716. The van der Waals surface area contributed by atoms with Gasteiger partial charge in [-0.15, -0.1) is 0 Å². The van der Waals surface area contributed by atoms with Crippen LogP contribution in [0.25, 0.3) is 0 Å². The number of rotatable bonds is 1. The maximum atomic E-state index is 2.41. The summed E-state index contributed by atoms with van der Waals surface area (Å²) in [4.78, 5) is 0. The summed E-state index contributed by atoms with van der Waals surface area (Å²) < 4.78 is 2.33. The highest BCUT2D eigenvalue weighted by atomic mass is 127. The summed E-state index contributed by atoms with van der Waals surface area (Å²) in [6.45, 7) is 5.77. The average molecular weight is 287 g/mol. The Morgan fingerprint density at radius 1 is 1.38 bits per heavy atom. The van der Waals surface area contributed by atoms with Crippen LogP contribution in [0, 0.1) is 5.92 Å². The van der Waals surface area contributed by atoms with E-state index in [0.717, 1.165) is 12.5 Å². The molecular weight excluding hydrogens is 273 g/mol. The van der Waals surface area contributed by atoms with E-state index < -0.39 is 0 Å². The highest BCUT2D eigenvalue weighted by Gasteiger charge is 2.28. The highest BCUT2D eigenvalue weighted by molar-refractivity contribution is 14.1. The third-order valence-electron chi connectivity index (χ3n) is 2.76. The predicted octanol–water partition coefficient (Wildman–Crippen LogP) is 3.60. The van der Waals surface area contributed by atoms with E-state index in [2.05, 4.69) is 64.1 Å². The van der Waals surface area contributed by atoms with E-state index in [1.165, 1.54) is 11.3 Å². The second kappa shape index (κ2) is 3.48. The first-order chi connectivity index (χ1) is 6.20. The van der Waals surface area contributed by atoms with Crippen LogP contribution in [0.5, 0.6) is 0 Å². The zero-order valence-electron chi connectivity index (χ0n) is 8.00. The molecule has 0 bridgehead atoms. The fraction of sp³-hybridized carbons (Fsp3) is 0.455. The summed E-state index contributed by atoms with van der Waals surface area (Å²) >= 11 is 2.41. The second-order valence-electron chi connectivity index (χ2n) is 3.95. The largest absolute Gasteiger partial charge is 0.314 e. The van der Waals surface area contributed by atoms with Crippen molar-refractivity contribution in [2.75, 3.05) is 9.66 Å². The van der Waals surface area contributed by atoms with Gasteiger partial charge in [-0.3, -0.25) is 0 Å². The third-order valence-corrected chi connectivity index (χ3v) is 3.67. The minimum atomic E-state index is 0.716. The number of para-hydroxylation sites is 1. The van der Waals surface area contributed by atoms with Crippen molar-refractivity contribution in [3.63, 3.8) is 0 Å². The first-order valence-corrected chi connectivity index (χ1v) is 5.69. The maximum absolute atomic E-state index is 2.41. The van der Waals surface area contributed by atoms with Crippen molar-refractivity contribution >= 4 is 28.6 Å². The van der Waals surface area contributed by atoms with Crippen molar-refractivity contribution in [1.29, 1.82) is 0 Å². The summed E-state index contributed by atoms with van der Waals surface area (Å²) in [6, 6.07) is 8.74. The molecule has 13 heavy (non-hydrogen) atoms. The summed E-state index contributed by atoms with van der Waals surface area (Å²) in [5, 5.41) is 0. The van der Waals surface area contributed by atoms with Gasteiger partial charge in [-0.25, -0.2) is 0 Å². The molecule has 1 heterocycles. The Balaban J connectivity index is 2.41. The van der Waals surface area contributed by atoms with Gasteiger partial charge in [0.1, 0.15) is 0 Å². The number of nitrogens with zero attached hydrogens (tertiary/aromatic N) is 1. The van der Waals surface area contributed by atoms with Crippen molar-refractivity contribution in [3.05, 3.63) is 29.8 Å². The van der Waals surface area contributed by atoms with Crippen LogP contribution in [0.2, 0.25) is 0 Å². The number of hydrogen-bond donors (Lipinski definition) is 0. The van der Waals surface area contributed by atoms with Crippen molar-refractivity contribution in [2.45, 2.75) is 19.8 Å². The number of benzene rings is 1. The van der Waals surface area contributed by atoms with E-state index >= 15 is 0 Å². The Morgan fingerprint density at radius 2 is 2.08 bits per heavy atom. The molecule has 0 aromatic heterocycles. The number of fused-ring (bicyclic) bond motifs is 1. The molecule has 1 aliphatic rings. The van der Waals surface area contributed by atoms with E-state index in [-0.39, 0.29) is 0 Å². The molecule has 1 nitrogen and oxygen atoms in total. The Bertz CT molecular complexity index is 309. The van der Waals surface area contributed by atoms with Gasteiger partial charge in [-0.1, -0.05) is 32.0 Å². The summed E-state index contributed by atoms with van der Waals surface area (Å²) in [6.07, 6.45) is 0. The zero-order valence-corrected chi connectivity index (χ0v) is 10.2. The van der Waals surface area contributed by atoms with Crippen LogP contribution >= 0.6 is 22.9 Å². The fourth-order valence-electron chi connectivity index (χ4n) is 1.96. The lowest BCUT2D eigenvalue weighted by Crippen LogP contribution is -2.12. The van der Waals surface area contributed by atoms with Gasteiger partial charge < -0.3 is 3.11 Å². The topological polar surface area (TPSA) is 3.24 Å². The lowest BCUT2D eigenvalue weighted by Gasteiger charge is -2.14. The quantitative estimate of drug-likeness (QED) is 0.563. The van der Waals surface area contributed by atoms with Crippen molar-refractivity contribution in [1.82, 2.24) is 0 Å². The third kappa shape index (κ3) is 1.56. The van der Waals surface area contributed by atoms with Crippen molar-refractivity contribution in [3.8, 4) is 0 Å².